The van der Waals surface area contributed by atoms with E-state index in [0.29, 0.717) is 16.4 Å². The van der Waals surface area contributed by atoms with Gasteiger partial charge in [-0.05, 0) is 29.6 Å². The van der Waals surface area contributed by atoms with Gasteiger partial charge < -0.3 is 10.4 Å². The molecule has 2 aromatic heterocycles. The molecule has 4 nitrogen and oxygen atoms in total. The molecule has 0 atom stereocenters. The van der Waals surface area contributed by atoms with Crippen LogP contribution in [0.1, 0.15) is 10.4 Å². The summed E-state index contributed by atoms with van der Waals surface area (Å²) in [5.41, 5.74) is 1.38. The lowest BCUT2D eigenvalue weighted by Gasteiger charge is -2.11. The van der Waals surface area contributed by atoms with Crippen LogP contribution >= 0.6 is 22.9 Å². The first kappa shape index (κ1) is 14.9. The van der Waals surface area contributed by atoms with Crippen LogP contribution in [-0.4, -0.2) is 16.1 Å². The number of anilines is 2. The number of pyridine rings is 1. The number of carboxylic acids is 1. The Bertz CT molecular complexity index is 1090. The molecule has 0 aliphatic heterocycles. The molecule has 0 amide bonds. The number of rotatable bonds is 3. The van der Waals surface area contributed by atoms with E-state index in [-0.39, 0.29) is 5.56 Å². The number of benzene rings is 2. The molecule has 2 heterocycles. The van der Waals surface area contributed by atoms with Crippen molar-refractivity contribution in [3.8, 4) is 0 Å². The number of carboxylic acid groups (broad SMARTS) is 1. The smallest absolute Gasteiger partial charge is 0.337 e. The molecular formula is C18H11ClN2O2S. The summed E-state index contributed by atoms with van der Waals surface area (Å²) in [6.07, 6.45) is 0. The summed E-state index contributed by atoms with van der Waals surface area (Å²) in [6, 6.07) is 14.6. The molecule has 2 N–H and O–H groups in total. The highest BCUT2D eigenvalue weighted by atomic mass is 35.5. The molecule has 2 aromatic carbocycles. The zero-order chi connectivity index (χ0) is 16.7. The van der Waals surface area contributed by atoms with Gasteiger partial charge in [0.05, 0.1) is 26.5 Å². The van der Waals surface area contributed by atoms with Gasteiger partial charge in [0, 0.05) is 10.8 Å². The van der Waals surface area contributed by atoms with Crippen LogP contribution in [0.25, 0.3) is 21.0 Å². The molecule has 6 heteroatoms. The molecule has 24 heavy (non-hydrogen) atoms. The quantitative estimate of drug-likeness (QED) is 0.506. The molecular weight excluding hydrogens is 344 g/mol. The number of halogens is 1. The van der Waals surface area contributed by atoms with Crippen molar-refractivity contribution in [2.45, 2.75) is 0 Å². The van der Waals surface area contributed by atoms with Crippen molar-refractivity contribution in [1.82, 2.24) is 4.98 Å². The van der Waals surface area contributed by atoms with Crippen LogP contribution in [0.4, 0.5) is 11.5 Å². The minimum absolute atomic E-state index is 0.183. The second-order valence-electron chi connectivity index (χ2n) is 5.24. The number of fused-ring (bicyclic) bond motifs is 3. The first-order chi connectivity index (χ1) is 11.6. The molecule has 0 unspecified atom stereocenters. The van der Waals surface area contributed by atoms with E-state index in [2.05, 4.69) is 10.3 Å². The lowest BCUT2D eigenvalue weighted by Crippen LogP contribution is -2.01. The predicted molar refractivity (Wildman–Crippen MR) is 98.8 cm³/mol. The number of carbonyl (C=O) groups is 1. The van der Waals surface area contributed by atoms with Crippen LogP contribution < -0.4 is 5.32 Å². The number of nitrogens with zero attached hydrogens (tertiary/aromatic N) is 1. The first-order valence-corrected chi connectivity index (χ1v) is 8.45. The number of para-hydroxylation sites is 2. The van der Waals surface area contributed by atoms with Gasteiger partial charge in [-0.25, -0.2) is 9.78 Å². The van der Waals surface area contributed by atoms with E-state index in [1.165, 1.54) is 0 Å². The summed E-state index contributed by atoms with van der Waals surface area (Å²) in [5, 5.41) is 17.0. The maximum Gasteiger partial charge on any atom is 0.337 e. The number of aromatic carboxylic acids is 1. The van der Waals surface area contributed by atoms with Gasteiger partial charge >= 0.3 is 5.97 Å². The normalized spacial score (nSPS) is 11.0. The fourth-order valence-electron chi connectivity index (χ4n) is 2.70. The number of aromatic nitrogens is 1. The van der Waals surface area contributed by atoms with Gasteiger partial charge in [0.1, 0.15) is 5.82 Å². The zero-order valence-corrected chi connectivity index (χ0v) is 13.9. The van der Waals surface area contributed by atoms with Crippen LogP contribution in [0.3, 0.4) is 0 Å². The molecule has 4 aromatic rings. The van der Waals surface area contributed by atoms with E-state index in [1.54, 1.807) is 29.5 Å². The van der Waals surface area contributed by atoms with E-state index in [4.69, 9.17) is 11.6 Å². The van der Waals surface area contributed by atoms with E-state index < -0.39 is 5.97 Å². The van der Waals surface area contributed by atoms with Gasteiger partial charge in [-0.3, -0.25) is 0 Å². The minimum atomic E-state index is -0.994. The molecule has 0 aliphatic rings. The van der Waals surface area contributed by atoms with E-state index in [1.807, 2.05) is 35.7 Å². The van der Waals surface area contributed by atoms with E-state index in [0.717, 1.165) is 21.2 Å². The lowest BCUT2D eigenvalue weighted by molar-refractivity contribution is 0.0699. The zero-order valence-electron chi connectivity index (χ0n) is 12.3. The van der Waals surface area contributed by atoms with Crippen molar-refractivity contribution in [1.29, 1.82) is 0 Å². The summed E-state index contributed by atoms with van der Waals surface area (Å²) in [6.45, 7) is 0. The third-order valence-electron chi connectivity index (χ3n) is 3.79. The van der Waals surface area contributed by atoms with Crippen molar-refractivity contribution < 1.29 is 9.90 Å². The van der Waals surface area contributed by atoms with Crippen molar-refractivity contribution in [3.05, 3.63) is 64.5 Å². The summed E-state index contributed by atoms with van der Waals surface area (Å²) in [4.78, 5) is 16.1. The SMILES string of the molecule is O=C(O)c1cccc2c1nc(Nc1ccccc1Cl)c1sccc12. The van der Waals surface area contributed by atoms with E-state index >= 15 is 0 Å². The van der Waals surface area contributed by atoms with Crippen LogP contribution in [0, 0.1) is 0 Å². The monoisotopic (exact) mass is 354 g/mol. The van der Waals surface area contributed by atoms with Gasteiger partial charge in [-0.1, -0.05) is 35.9 Å². The Morgan fingerprint density at radius 2 is 1.92 bits per heavy atom. The second-order valence-corrected chi connectivity index (χ2v) is 6.56. The molecule has 0 radical (unpaired) electrons. The first-order valence-electron chi connectivity index (χ1n) is 7.20. The largest absolute Gasteiger partial charge is 0.478 e. The van der Waals surface area contributed by atoms with Gasteiger partial charge in [-0.2, -0.15) is 0 Å². The summed E-state index contributed by atoms with van der Waals surface area (Å²) in [5.74, 6) is -0.388. The highest BCUT2D eigenvalue weighted by Gasteiger charge is 2.16. The lowest BCUT2D eigenvalue weighted by atomic mass is 10.1. The molecule has 118 valence electrons. The van der Waals surface area contributed by atoms with Gasteiger partial charge in [-0.15, -0.1) is 11.3 Å². The van der Waals surface area contributed by atoms with Gasteiger partial charge in [0.15, 0.2) is 0 Å². The highest BCUT2D eigenvalue weighted by molar-refractivity contribution is 7.18. The Balaban J connectivity index is 2.00. The average molecular weight is 355 g/mol. The third kappa shape index (κ3) is 2.38. The molecule has 0 spiro atoms. The molecule has 4 rings (SSSR count). The molecule has 0 fully saturated rings. The Hall–Kier alpha value is -2.63. The molecule has 0 saturated carbocycles. The maximum absolute atomic E-state index is 11.5. The van der Waals surface area contributed by atoms with Crippen LogP contribution in [0.2, 0.25) is 5.02 Å². The Labute approximate surface area is 146 Å². The van der Waals surface area contributed by atoms with Crippen molar-refractivity contribution >= 4 is 61.4 Å². The van der Waals surface area contributed by atoms with Crippen molar-refractivity contribution in [2.75, 3.05) is 5.32 Å². The second kappa shape index (κ2) is 5.78. The summed E-state index contributed by atoms with van der Waals surface area (Å²) in [7, 11) is 0. The number of thiophene rings is 1. The molecule has 0 bridgehead atoms. The number of hydrogen-bond donors (Lipinski definition) is 2. The van der Waals surface area contributed by atoms with Crippen LogP contribution in [0.15, 0.2) is 53.9 Å². The Morgan fingerprint density at radius 3 is 2.71 bits per heavy atom. The van der Waals surface area contributed by atoms with Crippen molar-refractivity contribution in [3.63, 3.8) is 0 Å². The van der Waals surface area contributed by atoms with Crippen LogP contribution in [-0.2, 0) is 0 Å². The Kier molecular flexibility index (Phi) is 3.59. The molecule has 0 saturated heterocycles. The average Bonchev–Trinajstić information content (AvgIpc) is 3.06. The Morgan fingerprint density at radius 1 is 1.08 bits per heavy atom. The maximum atomic E-state index is 11.5. The van der Waals surface area contributed by atoms with Crippen molar-refractivity contribution in [2.24, 2.45) is 0 Å². The van der Waals surface area contributed by atoms with Crippen LogP contribution in [0.5, 0.6) is 0 Å². The summed E-state index contributed by atoms with van der Waals surface area (Å²) < 4.78 is 0.963. The number of nitrogens with one attached hydrogen (secondary N) is 1. The number of hydrogen-bond acceptors (Lipinski definition) is 4. The summed E-state index contributed by atoms with van der Waals surface area (Å²) >= 11 is 7.77. The fourth-order valence-corrected chi connectivity index (χ4v) is 3.73. The fraction of sp³-hybridized carbons (Fsp3) is 0. The highest BCUT2D eigenvalue weighted by Crippen LogP contribution is 2.36. The van der Waals surface area contributed by atoms with Gasteiger partial charge in [0.25, 0.3) is 0 Å². The topological polar surface area (TPSA) is 62.2 Å². The minimum Gasteiger partial charge on any atom is -0.478 e. The predicted octanol–water partition coefficient (Wildman–Crippen LogP) is 5.54. The third-order valence-corrected chi connectivity index (χ3v) is 5.04. The standard InChI is InChI=1S/C18H11ClN2O2S/c19-13-6-1-2-7-14(13)20-17-16-11(8-9-24-16)10-4-3-5-12(18(22)23)15(10)21-17/h1-9H,(H,20,21)(H,22,23). The van der Waals surface area contributed by atoms with Gasteiger partial charge in [0.2, 0.25) is 0 Å². The molecule has 0 aliphatic carbocycles. The van der Waals surface area contributed by atoms with E-state index in [9.17, 15) is 9.90 Å².